The number of aromatic nitrogens is 2. The maximum Gasteiger partial charge on any atom is 0.278 e. The predicted octanol–water partition coefficient (Wildman–Crippen LogP) is 4.03. The van der Waals surface area contributed by atoms with E-state index in [0.29, 0.717) is 41.2 Å². The van der Waals surface area contributed by atoms with Gasteiger partial charge in [0, 0.05) is 56.7 Å². The lowest BCUT2D eigenvalue weighted by atomic mass is 10.0. The van der Waals surface area contributed by atoms with Crippen LogP contribution in [0.1, 0.15) is 40.5 Å². The Hall–Kier alpha value is -2.68. The SMILES string of the molecule is Cn1[nH]c(=O)c(Br)c1C(c1ccccc1)N1CCN(C(=O)CCC(=O)c2ccc(Cl)cc2)CC1. The fourth-order valence-corrected chi connectivity index (χ4v) is 5.09. The molecule has 2 aromatic carbocycles. The van der Waals surface area contributed by atoms with Gasteiger partial charge >= 0.3 is 0 Å². The Bertz CT molecular complexity index is 1220. The summed E-state index contributed by atoms with van der Waals surface area (Å²) in [6.07, 6.45) is 0.354. The molecule has 0 spiro atoms. The zero-order valence-corrected chi connectivity index (χ0v) is 21.2. The number of aryl methyl sites for hydroxylation is 1. The van der Waals surface area contributed by atoms with Gasteiger partial charge in [-0.05, 0) is 45.8 Å². The third-order valence-corrected chi connectivity index (χ3v) is 7.21. The minimum absolute atomic E-state index is 0.0200. The van der Waals surface area contributed by atoms with Gasteiger partial charge in [-0.1, -0.05) is 41.9 Å². The van der Waals surface area contributed by atoms with E-state index >= 15 is 0 Å². The van der Waals surface area contributed by atoms with Crippen LogP contribution in [0.3, 0.4) is 0 Å². The highest BCUT2D eigenvalue weighted by Gasteiger charge is 2.32. The Morgan fingerprint density at radius 1 is 1.00 bits per heavy atom. The summed E-state index contributed by atoms with van der Waals surface area (Å²) in [6, 6.07) is 16.6. The number of aromatic amines is 1. The molecule has 34 heavy (non-hydrogen) atoms. The van der Waals surface area contributed by atoms with Crippen molar-refractivity contribution in [2.75, 3.05) is 26.2 Å². The van der Waals surface area contributed by atoms with E-state index in [1.54, 1.807) is 28.9 Å². The molecule has 2 heterocycles. The fraction of sp³-hybridized carbons (Fsp3) is 0.320. The van der Waals surface area contributed by atoms with Gasteiger partial charge in [-0.3, -0.25) is 29.1 Å². The van der Waals surface area contributed by atoms with E-state index in [2.05, 4.69) is 38.1 Å². The maximum atomic E-state index is 12.8. The maximum absolute atomic E-state index is 12.8. The lowest BCUT2D eigenvalue weighted by Crippen LogP contribution is -2.50. The highest BCUT2D eigenvalue weighted by molar-refractivity contribution is 9.10. The fourth-order valence-electron chi connectivity index (χ4n) is 4.39. The molecule has 0 aliphatic carbocycles. The van der Waals surface area contributed by atoms with E-state index in [9.17, 15) is 14.4 Å². The number of carbonyl (C=O) groups is 2. The Labute approximate surface area is 211 Å². The van der Waals surface area contributed by atoms with Gasteiger partial charge < -0.3 is 4.90 Å². The van der Waals surface area contributed by atoms with Gasteiger partial charge in [-0.15, -0.1) is 0 Å². The summed E-state index contributed by atoms with van der Waals surface area (Å²) in [5.41, 5.74) is 2.32. The Kier molecular flexibility index (Phi) is 7.70. The third-order valence-electron chi connectivity index (χ3n) is 6.19. The molecular weight excluding hydrogens is 520 g/mol. The van der Waals surface area contributed by atoms with Gasteiger partial charge in [-0.25, -0.2) is 0 Å². The van der Waals surface area contributed by atoms with Crippen LogP contribution >= 0.6 is 27.5 Å². The summed E-state index contributed by atoms with van der Waals surface area (Å²) >= 11 is 9.34. The molecule has 0 bridgehead atoms. The molecule has 1 saturated heterocycles. The summed E-state index contributed by atoms with van der Waals surface area (Å²) < 4.78 is 2.27. The van der Waals surface area contributed by atoms with Crippen LogP contribution in [0.15, 0.2) is 63.9 Å². The van der Waals surface area contributed by atoms with Crippen LogP contribution in [0.25, 0.3) is 0 Å². The van der Waals surface area contributed by atoms with Gasteiger partial charge in [0.25, 0.3) is 5.56 Å². The second-order valence-electron chi connectivity index (χ2n) is 8.36. The first-order chi connectivity index (χ1) is 16.3. The molecule has 1 atom stereocenters. The number of amides is 1. The molecule has 7 nitrogen and oxygen atoms in total. The monoisotopic (exact) mass is 544 g/mol. The predicted molar refractivity (Wildman–Crippen MR) is 135 cm³/mol. The number of hydrogen-bond acceptors (Lipinski definition) is 4. The van der Waals surface area contributed by atoms with Crippen LogP contribution in [-0.4, -0.2) is 57.4 Å². The van der Waals surface area contributed by atoms with Crippen molar-refractivity contribution in [1.82, 2.24) is 19.6 Å². The van der Waals surface area contributed by atoms with Crippen LogP contribution < -0.4 is 5.56 Å². The summed E-state index contributed by atoms with van der Waals surface area (Å²) in [4.78, 5) is 41.5. The van der Waals surface area contributed by atoms with E-state index in [4.69, 9.17) is 11.6 Å². The third kappa shape index (κ3) is 5.35. The van der Waals surface area contributed by atoms with Gasteiger partial charge in [0.15, 0.2) is 5.78 Å². The smallest absolute Gasteiger partial charge is 0.278 e. The Morgan fingerprint density at radius 3 is 2.24 bits per heavy atom. The van der Waals surface area contributed by atoms with Crippen LogP contribution in [-0.2, 0) is 11.8 Å². The number of nitrogens with one attached hydrogen (secondary N) is 1. The van der Waals surface area contributed by atoms with Crippen LogP contribution in [0.5, 0.6) is 0 Å². The zero-order valence-electron chi connectivity index (χ0n) is 18.8. The molecule has 1 amide bonds. The minimum Gasteiger partial charge on any atom is -0.340 e. The number of nitrogens with zero attached hydrogens (tertiary/aromatic N) is 3. The summed E-state index contributed by atoms with van der Waals surface area (Å²) in [5.74, 6) is -0.0838. The number of hydrogen-bond donors (Lipinski definition) is 1. The van der Waals surface area contributed by atoms with Gasteiger partial charge in [-0.2, -0.15) is 0 Å². The largest absolute Gasteiger partial charge is 0.340 e. The molecule has 1 N–H and O–H groups in total. The molecule has 0 radical (unpaired) electrons. The van der Waals surface area contributed by atoms with Crippen molar-refractivity contribution in [3.8, 4) is 0 Å². The Balaban J connectivity index is 1.41. The molecule has 1 fully saturated rings. The van der Waals surface area contributed by atoms with E-state index < -0.39 is 0 Å². The number of Topliss-reactive ketones (excluding diaryl/α,β-unsaturated/α-hetero) is 1. The van der Waals surface area contributed by atoms with E-state index in [1.165, 1.54) is 0 Å². The summed E-state index contributed by atoms with van der Waals surface area (Å²) in [5, 5.41) is 3.39. The molecule has 9 heteroatoms. The van der Waals surface area contributed by atoms with Crippen LogP contribution in [0, 0.1) is 0 Å². The topological polar surface area (TPSA) is 78.4 Å². The van der Waals surface area contributed by atoms with Crippen molar-refractivity contribution in [3.05, 3.63) is 91.3 Å². The van der Waals surface area contributed by atoms with E-state index in [-0.39, 0.29) is 36.1 Å². The number of benzene rings is 2. The van der Waals surface area contributed by atoms with E-state index in [0.717, 1.165) is 11.3 Å². The molecular formula is C25H26BrClN4O3. The number of carbonyl (C=O) groups excluding carboxylic acids is 2. The molecule has 1 aliphatic heterocycles. The highest BCUT2D eigenvalue weighted by atomic mass is 79.9. The summed E-state index contributed by atoms with van der Waals surface area (Å²) in [7, 11) is 1.83. The average molecular weight is 546 g/mol. The molecule has 1 unspecified atom stereocenters. The highest BCUT2D eigenvalue weighted by Crippen LogP contribution is 2.32. The van der Waals surface area contributed by atoms with Crippen molar-refractivity contribution >= 4 is 39.2 Å². The van der Waals surface area contributed by atoms with Gasteiger partial charge in [0.2, 0.25) is 5.91 Å². The first kappa shape index (κ1) is 24.4. The standard InChI is InChI=1S/C25H26BrClN4O3/c1-29-24(22(26)25(34)28-29)23(18-5-3-2-4-6-18)31-15-13-30(14-16-31)21(33)12-11-20(32)17-7-9-19(27)10-8-17/h2-10,23H,11-16H2,1H3,(H,28,34). The minimum atomic E-state index is -0.169. The number of rotatable bonds is 7. The number of piperazine rings is 1. The quantitative estimate of drug-likeness (QED) is 0.455. The lowest BCUT2D eigenvalue weighted by Gasteiger charge is -2.39. The van der Waals surface area contributed by atoms with Crippen molar-refractivity contribution in [3.63, 3.8) is 0 Å². The molecule has 3 aromatic rings. The zero-order chi connectivity index (χ0) is 24.2. The number of halogens is 2. The number of ketones is 1. The summed E-state index contributed by atoms with van der Waals surface area (Å²) in [6.45, 7) is 2.44. The first-order valence-electron chi connectivity index (χ1n) is 11.1. The van der Waals surface area contributed by atoms with Crippen molar-refractivity contribution in [1.29, 1.82) is 0 Å². The normalized spacial score (nSPS) is 15.3. The first-order valence-corrected chi connectivity index (χ1v) is 12.3. The van der Waals surface area contributed by atoms with E-state index in [1.807, 2.05) is 30.1 Å². The average Bonchev–Trinajstić information content (AvgIpc) is 3.10. The van der Waals surface area contributed by atoms with Crippen molar-refractivity contribution < 1.29 is 9.59 Å². The molecule has 1 aromatic heterocycles. The lowest BCUT2D eigenvalue weighted by molar-refractivity contribution is -0.133. The van der Waals surface area contributed by atoms with Crippen LogP contribution in [0.2, 0.25) is 5.02 Å². The van der Waals surface area contributed by atoms with Crippen molar-refractivity contribution in [2.24, 2.45) is 7.05 Å². The van der Waals surface area contributed by atoms with Crippen molar-refractivity contribution in [2.45, 2.75) is 18.9 Å². The van der Waals surface area contributed by atoms with Crippen LogP contribution in [0.4, 0.5) is 0 Å². The number of H-pyrrole nitrogens is 1. The molecule has 4 rings (SSSR count). The Morgan fingerprint density at radius 2 is 1.65 bits per heavy atom. The van der Waals surface area contributed by atoms with Gasteiger partial charge in [0.05, 0.1) is 11.7 Å². The molecule has 1 aliphatic rings. The van der Waals surface area contributed by atoms with Gasteiger partial charge in [0.1, 0.15) is 4.47 Å². The second-order valence-corrected chi connectivity index (χ2v) is 9.59. The molecule has 178 valence electrons. The second kappa shape index (κ2) is 10.7. The molecule has 0 saturated carbocycles.